The molecule has 82 valence electrons. The van der Waals surface area contributed by atoms with Gasteiger partial charge in [0.1, 0.15) is 15.9 Å². The zero-order chi connectivity index (χ0) is 11.1. The zero-order valence-corrected chi connectivity index (χ0v) is 9.20. The van der Waals surface area contributed by atoms with E-state index in [-0.39, 0.29) is 5.56 Å². The second-order valence-corrected chi connectivity index (χ2v) is 4.51. The molecule has 0 bridgehead atoms. The number of carboxylic acid groups (broad SMARTS) is 1. The molecule has 1 aliphatic heterocycles. The second-order valence-electron chi connectivity index (χ2n) is 3.67. The summed E-state index contributed by atoms with van der Waals surface area (Å²) >= 11 is 1.43. The van der Waals surface area contributed by atoms with E-state index in [1.165, 1.54) is 17.5 Å². The standard InChI is InChI=1S/C10H9N3O2S/c14-10(15)6-4-11-9-7(12-5-16-9)8(6)13-2-1-3-13/h4-5H,1-3H2,(H,14,15). The first-order chi connectivity index (χ1) is 7.77. The molecule has 1 saturated heterocycles. The molecule has 3 heterocycles. The summed E-state index contributed by atoms with van der Waals surface area (Å²) in [6.07, 6.45) is 2.53. The van der Waals surface area contributed by atoms with Crippen molar-refractivity contribution >= 4 is 33.3 Å². The van der Waals surface area contributed by atoms with E-state index < -0.39 is 5.97 Å². The summed E-state index contributed by atoms with van der Waals surface area (Å²) in [5.74, 6) is -0.940. The molecular weight excluding hydrogens is 226 g/mol. The minimum atomic E-state index is -0.940. The van der Waals surface area contributed by atoms with Crippen LogP contribution < -0.4 is 4.90 Å². The van der Waals surface area contributed by atoms with Crippen LogP contribution in [-0.4, -0.2) is 34.1 Å². The maximum absolute atomic E-state index is 11.1. The molecule has 2 aromatic heterocycles. The Kier molecular flexibility index (Phi) is 2.03. The van der Waals surface area contributed by atoms with Gasteiger partial charge in [-0.2, -0.15) is 0 Å². The van der Waals surface area contributed by atoms with Gasteiger partial charge in [0.2, 0.25) is 0 Å². The van der Waals surface area contributed by atoms with Crippen molar-refractivity contribution in [2.45, 2.75) is 6.42 Å². The Labute approximate surface area is 95.4 Å². The van der Waals surface area contributed by atoms with Gasteiger partial charge >= 0.3 is 5.97 Å². The van der Waals surface area contributed by atoms with Crippen molar-refractivity contribution in [3.05, 3.63) is 17.3 Å². The van der Waals surface area contributed by atoms with E-state index in [1.807, 2.05) is 4.90 Å². The van der Waals surface area contributed by atoms with Gasteiger partial charge < -0.3 is 10.0 Å². The van der Waals surface area contributed by atoms with Crippen molar-refractivity contribution in [2.24, 2.45) is 0 Å². The molecule has 0 spiro atoms. The van der Waals surface area contributed by atoms with Crippen LogP contribution in [0.5, 0.6) is 0 Å². The molecule has 1 fully saturated rings. The summed E-state index contributed by atoms with van der Waals surface area (Å²) in [5, 5.41) is 9.14. The SMILES string of the molecule is O=C(O)c1cnc2scnc2c1N1CCC1. The van der Waals surface area contributed by atoms with E-state index in [0.29, 0.717) is 5.52 Å². The lowest BCUT2D eigenvalue weighted by Crippen LogP contribution is -2.38. The molecule has 0 saturated carbocycles. The summed E-state index contributed by atoms with van der Waals surface area (Å²) in [7, 11) is 0. The first kappa shape index (κ1) is 9.53. The van der Waals surface area contributed by atoms with E-state index in [2.05, 4.69) is 9.97 Å². The number of fused-ring (bicyclic) bond motifs is 1. The molecule has 0 radical (unpaired) electrons. The van der Waals surface area contributed by atoms with E-state index in [1.54, 1.807) is 5.51 Å². The Morgan fingerprint density at radius 3 is 2.88 bits per heavy atom. The summed E-state index contributed by atoms with van der Waals surface area (Å²) in [6, 6.07) is 0. The van der Waals surface area contributed by atoms with Gasteiger partial charge in [-0.15, -0.1) is 11.3 Å². The number of thiazole rings is 1. The highest BCUT2D eigenvalue weighted by Crippen LogP contribution is 2.32. The van der Waals surface area contributed by atoms with E-state index in [0.717, 1.165) is 30.0 Å². The van der Waals surface area contributed by atoms with Gasteiger partial charge in [-0.25, -0.2) is 14.8 Å². The average molecular weight is 235 g/mol. The highest BCUT2D eigenvalue weighted by molar-refractivity contribution is 7.16. The molecular formula is C10H9N3O2S. The highest BCUT2D eigenvalue weighted by Gasteiger charge is 2.25. The van der Waals surface area contributed by atoms with Gasteiger partial charge in [0.05, 0.1) is 11.2 Å². The number of pyridine rings is 1. The predicted octanol–water partition coefficient (Wildman–Crippen LogP) is 1.60. The molecule has 0 atom stereocenters. The minimum absolute atomic E-state index is 0.248. The van der Waals surface area contributed by atoms with Gasteiger partial charge in [0.15, 0.2) is 0 Å². The maximum atomic E-state index is 11.1. The fourth-order valence-electron chi connectivity index (χ4n) is 1.82. The molecule has 1 N–H and O–H groups in total. The van der Waals surface area contributed by atoms with Crippen molar-refractivity contribution in [1.29, 1.82) is 0 Å². The molecule has 1 aliphatic rings. The molecule has 16 heavy (non-hydrogen) atoms. The number of rotatable bonds is 2. The van der Waals surface area contributed by atoms with Crippen molar-refractivity contribution in [2.75, 3.05) is 18.0 Å². The third-order valence-corrected chi connectivity index (χ3v) is 3.47. The quantitative estimate of drug-likeness (QED) is 0.856. The Balaban J connectivity index is 2.27. The van der Waals surface area contributed by atoms with E-state index in [4.69, 9.17) is 5.11 Å². The summed E-state index contributed by atoms with van der Waals surface area (Å²) < 4.78 is 0. The monoisotopic (exact) mass is 235 g/mol. The lowest BCUT2D eigenvalue weighted by Gasteiger charge is -2.34. The van der Waals surface area contributed by atoms with Gasteiger partial charge in [-0.3, -0.25) is 0 Å². The number of aromatic carboxylic acids is 1. The smallest absolute Gasteiger partial charge is 0.339 e. The average Bonchev–Trinajstić information content (AvgIpc) is 2.62. The van der Waals surface area contributed by atoms with Gasteiger partial charge in [0, 0.05) is 19.3 Å². The molecule has 3 rings (SSSR count). The second kappa shape index (κ2) is 3.41. The Bertz CT molecular complexity index is 562. The van der Waals surface area contributed by atoms with Crippen LogP contribution in [-0.2, 0) is 0 Å². The van der Waals surface area contributed by atoms with Crippen LogP contribution in [0.15, 0.2) is 11.7 Å². The first-order valence-corrected chi connectivity index (χ1v) is 5.86. The number of carboxylic acids is 1. The molecule has 5 nitrogen and oxygen atoms in total. The van der Waals surface area contributed by atoms with Crippen LogP contribution >= 0.6 is 11.3 Å². The molecule has 0 aromatic carbocycles. The summed E-state index contributed by atoms with van der Waals surface area (Å²) in [4.78, 5) is 22.3. The van der Waals surface area contributed by atoms with Crippen molar-refractivity contribution in [3.8, 4) is 0 Å². The third kappa shape index (κ3) is 1.26. The van der Waals surface area contributed by atoms with Crippen LogP contribution in [0.3, 0.4) is 0 Å². The molecule has 2 aromatic rings. The fourth-order valence-corrected chi connectivity index (χ4v) is 2.45. The van der Waals surface area contributed by atoms with Crippen LogP contribution in [0.25, 0.3) is 10.3 Å². The topological polar surface area (TPSA) is 66.3 Å². The number of carbonyl (C=O) groups is 1. The number of hydrogen-bond donors (Lipinski definition) is 1. The van der Waals surface area contributed by atoms with Gasteiger partial charge in [-0.1, -0.05) is 0 Å². The Morgan fingerprint density at radius 2 is 2.25 bits per heavy atom. The zero-order valence-electron chi connectivity index (χ0n) is 8.38. The number of hydrogen-bond acceptors (Lipinski definition) is 5. The number of aromatic nitrogens is 2. The Hall–Kier alpha value is -1.69. The molecule has 6 heteroatoms. The lowest BCUT2D eigenvalue weighted by molar-refractivity contribution is 0.0697. The number of anilines is 1. The van der Waals surface area contributed by atoms with Crippen molar-refractivity contribution < 1.29 is 9.90 Å². The fraction of sp³-hybridized carbons (Fsp3) is 0.300. The molecule has 0 aliphatic carbocycles. The number of nitrogens with zero attached hydrogens (tertiary/aromatic N) is 3. The van der Waals surface area contributed by atoms with Crippen LogP contribution in [0.2, 0.25) is 0 Å². The molecule has 0 unspecified atom stereocenters. The van der Waals surface area contributed by atoms with Gasteiger partial charge in [0.25, 0.3) is 0 Å². The van der Waals surface area contributed by atoms with Crippen molar-refractivity contribution in [1.82, 2.24) is 9.97 Å². The summed E-state index contributed by atoms with van der Waals surface area (Å²) in [5.41, 5.74) is 3.39. The van der Waals surface area contributed by atoms with Gasteiger partial charge in [-0.05, 0) is 6.42 Å². The van der Waals surface area contributed by atoms with Crippen LogP contribution in [0.1, 0.15) is 16.8 Å². The molecule has 0 amide bonds. The van der Waals surface area contributed by atoms with E-state index >= 15 is 0 Å². The predicted molar refractivity (Wildman–Crippen MR) is 61.2 cm³/mol. The van der Waals surface area contributed by atoms with E-state index in [9.17, 15) is 4.79 Å². The van der Waals surface area contributed by atoms with Crippen LogP contribution in [0.4, 0.5) is 5.69 Å². The largest absolute Gasteiger partial charge is 0.478 e. The normalized spacial score (nSPS) is 15.1. The van der Waals surface area contributed by atoms with Crippen molar-refractivity contribution in [3.63, 3.8) is 0 Å². The lowest BCUT2D eigenvalue weighted by atomic mass is 10.1. The summed E-state index contributed by atoms with van der Waals surface area (Å²) in [6.45, 7) is 1.80. The van der Waals surface area contributed by atoms with Crippen LogP contribution in [0, 0.1) is 0 Å². The highest BCUT2D eigenvalue weighted by atomic mass is 32.1. The first-order valence-electron chi connectivity index (χ1n) is 4.98. The minimum Gasteiger partial charge on any atom is -0.478 e. The Morgan fingerprint density at radius 1 is 1.44 bits per heavy atom. The maximum Gasteiger partial charge on any atom is 0.339 e. The third-order valence-electron chi connectivity index (χ3n) is 2.74.